The predicted octanol–water partition coefficient (Wildman–Crippen LogP) is 4.27. The van der Waals surface area contributed by atoms with Crippen LogP contribution in [0.3, 0.4) is 0 Å². The lowest BCUT2D eigenvalue weighted by Crippen LogP contribution is -2.16. The van der Waals surface area contributed by atoms with E-state index in [2.05, 4.69) is 20.8 Å². The lowest BCUT2D eigenvalue weighted by atomic mass is 10.2. The summed E-state index contributed by atoms with van der Waals surface area (Å²) in [5.74, 6) is 0.856. The van der Waals surface area contributed by atoms with Crippen LogP contribution in [-0.2, 0) is 6.54 Å². The summed E-state index contributed by atoms with van der Waals surface area (Å²) in [4.78, 5) is 0. The van der Waals surface area contributed by atoms with Gasteiger partial charge in [-0.2, -0.15) is 4.68 Å². The van der Waals surface area contributed by atoms with Crippen LogP contribution in [0.1, 0.15) is 5.56 Å². The third kappa shape index (κ3) is 5.59. The van der Waals surface area contributed by atoms with E-state index in [1.807, 2.05) is 48.5 Å². The maximum atomic E-state index is 6.01. The van der Waals surface area contributed by atoms with Gasteiger partial charge in [0.2, 0.25) is 5.16 Å². The van der Waals surface area contributed by atoms with Crippen molar-refractivity contribution < 1.29 is 0 Å². The zero-order chi connectivity index (χ0) is 16.8. The molecule has 0 aliphatic heterocycles. The Kier molecular flexibility index (Phi) is 7.99. The highest BCUT2D eigenvalue weighted by atomic mass is 35.5. The van der Waals surface area contributed by atoms with E-state index in [4.69, 9.17) is 23.2 Å². The summed E-state index contributed by atoms with van der Waals surface area (Å²) < 4.78 is 1.74. The number of para-hydroxylation sites is 1. The van der Waals surface area contributed by atoms with Gasteiger partial charge in [0.1, 0.15) is 0 Å². The molecule has 5 nitrogen and oxygen atoms in total. The second-order valence-corrected chi connectivity index (χ2v) is 6.86. The Morgan fingerprint density at radius 2 is 1.84 bits per heavy atom. The van der Waals surface area contributed by atoms with Crippen molar-refractivity contribution in [1.82, 2.24) is 25.5 Å². The highest BCUT2D eigenvalue weighted by Crippen LogP contribution is 2.22. The van der Waals surface area contributed by atoms with E-state index in [0.29, 0.717) is 10.0 Å². The minimum absolute atomic E-state index is 0. The van der Waals surface area contributed by atoms with Crippen LogP contribution in [0.4, 0.5) is 0 Å². The fraction of sp³-hybridized carbons (Fsp3) is 0.188. The maximum absolute atomic E-state index is 6.01. The van der Waals surface area contributed by atoms with Gasteiger partial charge in [0.25, 0.3) is 0 Å². The van der Waals surface area contributed by atoms with Crippen LogP contribution < -0.4 is 5.32 Å². The maximum Gasteiger partial charge on any atom is 0.214 e. The summed E-state index contributed by atoms with van der Waals surface area (Å²) in [5, 5.41) is 17.2. The molecular weight excluding hydrogens is 401 g/mol. The fourth-order valence-electron chi connectivity index (χ4n) is 2.10. The smallest absolute Gasteiger partial charge is 0.214 e. The number of thioether (sulfide) groups is 1. The first-order valence-electron chi connectivity index (χ1n) is 7.35. The third-order valence-electron chi connectivity index (χ3n) is 3.26. The van der Waals surface area contributed by atoms with Crippen molar-refractivity contribution >= 4 is 47.4 Å². The molecule has 0 atom stereocenters. The molecule has 3 rings (SSSR count). The first-order chi connectivity index (χ1) is 11.7. The average Bonchev–Trinajstić information content (AvgIpc) is 3.07. The number of rotatable bonds is 7. The normalized spacial score (nSPS) is 10.5. The van der Waals surface area contributed by atoms with Gasteiger partial charge in [-0.3, -0.25) is 0 Å². The van der Waals surface area contributed by atoms with Gasteiger partial charge in [-0.05, 0) is 40.3 Å². The second-order valence-electron chi connectivity index (χ2n) is 4.98. The van der Waals surface area contributed by atoms with Gasteiger partial charge in [0.15, 0.2) is 0 Å². The van der Waals surface area contributed by atoms with Crippen LogP contribution in [0.15, 0.2) is 53.7 Å². The molecule has 0 spiro atoms. The Balaban J connectivity index is 0.00000225. The summed E-state index contributed by atoms with van der Waals surface area (Å²) in [6.45, 7) is 1.56. The van der Waals surface area contributed by atoms with Gasteiger partial charge in [-0.15, -0.1) is 17.5 Å². The van der Waals surface area contributed by atoms with Gasteiger partial charge in [-0.1, -0.05) is 59.2 Å². The van der Waals surface area contributed by atoms with Crippen molar-refractivity contribution in [3.8, 4) is 5.69 Å². The molecule has 0 amide bonds. The van der Waals surface area contributed by atoms with Gasteiger partial charge in [-0.25, -0.2) is 0 Å². The summed E-state index contributed by atoms with van der Waals surface area (Å²) in [6, 6.07) is 15.5. The molecule has 3 aromatic rings. The molecule has 0 fully saturated rings. The standard InChI is InChI=1S/C16H15Cl2N5S.ClH/c17-14-7-6-12(10-15(14)18)11-19-8-9-24-16-20-21-22-23(16)13-4-2-1-3-5-13;/h1-7,10,19H,8-9,11H2;1H. The lowest BCUT2D eigenvalue weighted by Gasteiger charge is -2.06. The van der Waals surface area contributed by atoms with Crippen molar-refractivity contribution in [1.29, 1.82) is 0 Å². The number of halogens is 3. The molecule has 1 N–H and O–H groups in total. The number of benzene rings is 2. The minimum atomic E-state index is 0. The number of nitrogens with zero attached hydrogens (tertiary/aromatic N) is 4. The molecule has 1 aromatic heterocycles. The molecule has 0 radical (unpaired) electrons. The summed E-state index contributed by atoms with van der Waals surface area (Å²) in [6.07, 6.45) is 0. The van der Waals surface area contributed by atoms with Crippen molar-refractivity contribution in [3.63, 3.8) is 0 Å². The Bertz CT molecular complexity index is 797. The second kappa shape index (κ2) is 9.99. The van der Waals surface area contributed by atoms with Crippen molar-refractivity contribution in [3.05, 3.63) is 64.1 Å². The Morgan fingerprint density at radius 1 is 1.04 bits per heavy atom. The van der Waals surface area contributed by atoms with Crippen LogP contribution in [0.5, 0.6) is 0 Å². The number of hydrogen-bond donors (Lipinski definition) is 1. The molecule has 0 aliphatic rings. The summed E-state index contributed by atoms with van der Waals surface area (Å²) in [7, 11) is 0. The molecule has 0 aliphatic carbocycles. The molecule has 2 aromatic carbocycles. The monoisotopic (exact) mass is 415 g/mol. The van der Waals surface area contributed by atoms with Crippen LogP contribution in [0.2, 0.25) is 10.0 Å². The van der Waals surface area contributed by atoms with E-state index in [1.54, 1.807) is 16.4 Å². The SMILES string of the molecule is Cl.Clc1ccc(CNCCSc2nnnn2-c2ccccc2)cc1Cl. The largest absolute Gasteiger partial charge is 0.312 e. The zero-order valence-corrected chi connectivity index (χ0v) is 16.2. The number of nitrogens with one attached hydrogen (secondary N) is 1. The topological polar surface area (TPSA) is 55.6 Å². The lowest BCUT2D eigenvalue weighted by molar-refractivity contribution is 0.728. The molecule has 0 saturated heterocycles. The summed E-state index contributed by atoms with van der Waals surface area (Å²) in [5.41, 5.74) is 2.05. The number of aromatic nitrogens is 4. The first-order valence-corrected chi connectivity index (χ1v) is 9.09. The van der Waals surface area contributed by atoms with Crippen LogP contribution in [0.25, 0.3) is 5.69 Å². The molecule has 0 unspecified atom stereocenters. The third-order valence-corrected chi connectivity index (χ3v) is 4.92. The molecule has 0 saturated carbocycles. The van der Waals surface area contributed by atoms with Crippen molar-refractivity contribution in [2.45, 2.75) is 11.7 Å². The molecule has 25 heavy (non-hydrogen) atoms. The molecule has 1 heterocycles. The van der Waals surface area contributed by atoms with E-state index >= 15 is 0 Å². The van der Waals surface area contributed by atoms with Crippen molar-refractivity contribution in [2.75, 3.05) is 12.3 Å². The van der Waals surface area contributed by atoms with E-state index in [1.165, 1.54) is 0 Å². The van der Waals surface area contributed by atoms with E-state index < -0.39 is 0 Å². The Labute approximate surface area is 166 Å². The van der Waals surface area contributed by atoms with Gasteiger partial charge in [0.05, 0.1) is 15.7 Å². The molecule has 0 bridgehead atoms. The molecule has 9 heteroatoms. The minimum Gasteiger partial charge on any atom is -0.312 e. The van der Waals surface area contributed by atoms with E-state index in [-0.39, 0.29) is 12.4 Å². The molecular formula is C16H16Cl3N5S. The van der Waals surface area contributed by atoms with Crippen molar-refractivity contribution in [2.24, 2.45) is 0 Å². The van der Waals surface area contributed by atoms with E-state index in [9.17, 15) is 0 Å². The van der Waals surface area contributed by atoms with Crippen LogP contribution in [-0.4, -0.2) is 32.5 Å². The first kappa shape index (κ1) is 20.0. The Morgan fingerprint density at radius 3 is 2.60 bits per heavy atom. The molecule has 132 valence electrons. The van der Waals surface area contributed by atoms with Gasteiger partial charge in [0, 0.05) is 18.8 Å². The average molecular weight is 417 g/mol. The summed E-state index contributed by atoms with van der Waals surface area (Å²) >= 11 is 13.5. The van der Waals surface area contributed by atoms with Gasteiger partial charge >= 0.3 is 0 Å². The highest BCUT2D eigenvalue weighted by molar-refractivity contribution is 7.99. The number of hydrogen-bond acceptors (Lipinski definition) is 5. The zero-order valence-electron chi connectivity index (χ0n) is 13.1. The van der Waals surface area contributed by atoms with Crippen LogP contribution >= 0.6 is 47.4 Å². The van der Waals surface area contributed by atoms with Gasteiger partial charge < -0.3 is 5.32 Å². The van der Waals surface area contributed by atoms with E-state index in [0.717, 1.165) is 35.2 Å². The Hall–Kier alpha value is -1.31. The number of tetrazole rings is 1. The quantitative estimate of drug-likeness (QED) is 0.460. The fourth-order valence-corrected chi connectivity index (χ4v) is 3.21. The van der Waals surface area contributed by atoms with Crippen LogP contribution in [0, 0.1) is 0 Å². The predicted molar refractivity (Wildman–Crippen MR) is 105 cm³/mol. The highest BCUT2D eigenvalue weighted by Gasteiger charge is 2.08.